The van der Waals surface area contributed by atoms with Gasteiger partial charge in [0.15, 0.2) is 0 Å². The Morgan fingerprint density at radius 3 is 2.35 bits per heavy atom. The first-order valence-electron chi connectivity index (χ1n) is 10.0. The molecule has 164 valence electrons. The molecule has 31 heavy (non-hydrogen) atoms. The molecule has 3 rings (SSSR count). The molecule has 2 N–H and O–H groups in total. The standard InChI is InChI=1S/C24H28N4O2.ClH/c1-24(2,3)18-11-9-17(10-12-18)23(30)28(4)20-8-6-5-7-19(20)22(29)27-14-13-21-25-15-16-26-21;/h5-12,15-16H,13-14H2,1-4H3,(H,25,26)(H,27,29);1H. The SMILES string of the molecule is CN(C(=O)c1ccc(C(C)(C)C)cc1)c1ccccc1C(=O)NCCc1ncc[nH]1.Cl. The first-order chi connectivity index (χ1) is 14.3. The first kappa shape index (κ1) is 24.2. The Kier molecular flexibility index (Phi) is 8.00. The summed E-state index contributed by atoms with van der Waals surface area (Å²) in [6.45, 7) is 6.86. The molecular formula is C24H29ClN4O2. The van der Waals surface area contributed by atoms with Crippen molar-refractivity contribution in [3.63, 3.8) is 0 Å². The number of carbonyl (C=O) groups excluding carboxylic acids is 2. The summed E-state index contributed by atoms with van der Waals surface area (Å²) in [6.07, 6.45) is 4.04. The number of aromatic nitrogens is 2. The van der Waals surface area contributed by atoms with E-state index in [2.05, 4.69) is 36.1 Å². The van der Waals surface area contributed by atoms with Gasteiger partial charge in [-0.05, 0) is 35.2 Å². The Labute approximate surface area is 189 Å². The molecule has 1 aromatic heterocycles. The molecule has 0 saturated heterocycles. The lowest BCUT2D eigenvalue weighted by Crippen LogP contribution is -2.31. The molecule has 7 heteroatoms. The number of imidazole rings is 1. The van der Waals surface area contributed by atoms with Crippen LogP contribution in [0.2, 0.25) is 0 Å². The molecule has 0 radical (unpaired) electrons. The Morgan fingerprint density at radius 1 is 1.06 bits per heavy atom. The smallest absolute Gasteiger partial charge is 0.258 e. The summed E-state index contributed by atoms with van der Waals surface area (Å²) in [7, 11) is 1.69. The number of nitrogens with one attached hydrogen (secondary N) is 2. The third-order valence-corrected chi connectivity index (χ3v) is 5.01. The normalized spacial score (nSPS) is 10.8. The second-order valence-corrected chi connectivity index (χ2v) is 8.25. The van der Waals surface area contributed by atoms with Crippen LogP contribution in [-0.2, 0) is 11.8 Å². The predicted octanol–water partition coefficient (Wildman–Crippen LogP) is 4.38. The summed E-state index contributed by atoms with van der Waals surface area (Å²) < 4.78 is 0. The molecular weight excluding hydrogens is 412 g/mol. The minimum absolute atomic E-state index is 0. The van der Waals surface area contributed by atoms with Crippen LogP contribution in [0.5, 0.6) is 0 Å². The molecule has 0 atom stereocenters. The number of aromatic amines is 1. The zero-order valence-electron chi connectivity index (χ0n) is 18.3. The van der Waals surface area contributed by atoms with Crippen LogP contribution in [0.4, 0.5) is 5.69 Å². The Morgan fingerprint density at radius 2 is 1.74 bits per heavy atom. The highest BCUT2D eigenvalue weighted by molar-refractivity contribution is 6.10. The van der Waals surface area contributed by atoms with Gasteiger partial charge in [-0.3, -0.25) is 9.59 Å². The maximum absolute atomic E-state index is 13.0. The Hall–Kier alpha value is -3.12. The van der Waals surface area contributed by atoms with E-state index in [-0.39, 0.29) is 29.6 Å². The molecule has 0 unspecified atom stereocenters. The average molecular weight is 441 g/mol. The fraction of sp³-hybridized carbons (Fsp3) is 0.292. The van der Waals surface area contributed by atoms with E-state index in [0.717, 1.165) is 11.4 Å². The number of benzene rings is 2. The van der Waals surface area contributed by atoms with Crippen LogP contribution >= 0.6 is 12.4 Å². The minimum atomic E-state index is -0.222. The number of rotatable bonds is 6. The third kappa shape index (κ3) is 5.95. The minimum Gasteiger partial charge on any atom is -0.352 e. The lowest BCUT2D eigenvalue weighted by Gasteiger charge is -2.22. The number of H-pyrrole nitrogens is 1. The van der Waals surface area contributed by atoms with Crippen molar-refractivity contribution in [1.29, 1.82) is 0 Å². The predicted molar refractivity (Wildman–Crippen MR) is 126 cm³/mol. The van der Waals surface area contributed by atoms with E-state index in [9.17, 15) is 9.59 Å². The maximum Gasteiger partial charge on any atom is 0.258 e. The van der Waals surface area contributed by atoms with Gasteiger partial charge >= 0.3 is 0 Å². The van der Waals surface area contributed by atoms with Crippen LogP contribution in [0.15, 0.2) is 60.9 Å². The molecule has 0 saturated carbocycles. The van der Waals surface area contributed by atoms with Gasteiger partial charge < -0.3 is 15.2 Å². The number of hydrogen-bond donors (Lipinski definition) is 2. The van der Waals surface area contributed by atoms with Crippen molar-refractivity contribution in [3.8, 4) is 0 Å². The van der Waals surface area contributed by atoms with Crippen molar-refractivity contribution in [2.75, 3.05) is 18.5 Å². The Bertz CT molecular complexity index is 1010. The summed E-state index contributed by atoms with van der Waals surface area (Å²) in [5.74, 6) is 0.431. The molecule has 0 aliphatic heterocycles. The van der Waals surface area contributed by atoms with Crippen LogP contribution in [0, 0.1) is 0 Å². The zero-order valence-corrected chi connectivity index (χ0v) is 19.1. The highest BCUT2D eigenvalue weighted by Crippen LogP contribution is 2.24. The quantitative estimate of drug-likeness (QED) is 0.597. The van der Waals surface area contributed by atoms with E-state index in [4.69, 9.17) is 0 Å². The van der Waals surface area contributed by atoms with Gasteiger partial charge in [-0.1, -0.05) is 45.0 Å². The number of anilines is 1. The van der Waals surface area contributed by atoms with Crippen LogP contribution in [0.3, 0.4) is 0 Å². The topological polar surface area (TPSA) is 78.1 Å². The van der Waals surface area contributed by atoms with E-state index in [1.165, 1.54) is 4.90 Å². The highest BCUT2D eigenvalue weighted by Gasteiger charge is 2.20. The molecule has 2 aromatic carbocycles. The molecule has 0 aliphatic carbocycles. The first-order valence-corrected chi connectivity index (χ1v) is 10.0. The van der Waals surface area contributed by atoms with Crippen molar-refractivity contribution in [1.82, 2.24) is 15.3 Å². The Balaban J connectivity index is 0.00000341. The van der Waals surface area contributed by atoms with E-state index in [1.807, 2.05) is 30.3 Å². The number of hydrogen-bond acceptors (Lipinski definition) is 3. The fourth-order valence-corrected chi connectivity index (χ4v) is 3.20. The third-order valence-electron chi connectivity index (χ3n) is 5.01. The van der Waals surface area contributed by atoms with Gasteiger partial charge in [0.05, 0.1) is 11.3 Å². The van der Waals surface area contributed by atoms with Crippen LogP contribution < -0.4 is 10.2 Å². The van der Waals surface area contributed by atoms with E-state index in [1.54, 1.807) is 37.6 Å². The summed E-state index contributed by atoms with van der Waals surface area (Å²) in [5, 5.41) is 2.90. The van der Waals surface area contributed by atoms with Gasteiger partial charge in [0.2, 0.25) is 0 Å². The van der Waals surface area contributed by atoms with Gasteiger partial charge in [-0.2, -0.15) is 0 Å². The van der Waals surface area contributed by atoms with Crippen molar-refractivity contribution < 1.29 is 9.59 Å². The molecule has 0 spiro atoms. The van der Waals surface area contributed by atoms with Crippen molar-refractivity contribution in [2.24, 2.45) is 0 Å². The second kappa shape index (κ2) is 10.3. The van der Waals surface area contributed by atoms with Crippen molar-refractivity contribution in [3.05, 3.63) is 83.4 Å². The summed E-state index contributed by atoms with van der Waals surface area (Å²) in [5.41, 5.74) is 2.79. The van der Waals surface area contributed by atoms with Gasteiger partial charge in [-0.15, -0.1) is 12.4 Å². The molecule has 3 aromatic rings. The molecule has 0 bridgehead atoms. The number of para-hydroxylation sites is 1. The summed E-state index contributed by atoms with van der Waals surface area (Å²) in [6, 6.07) is 14.8. The molecule has 0 aliphatic rings. The number of amides is 2. The fourth-order valence-electron chi connectivity index (χ4n) is 3.20. The van der Waals surface area contributed by atoms with Crippen LogP contribution in [-0.4, -0.2) is 35.4 Å². The zero-order chi connectivity index (χ0) is 21.7. The largest absolute Gasteiger partial charge is 0.352 e. The van der Waals surface area contributed by atoms with E-state index < -0.39 is 0 Å². The van der Waals surface area contributed by atoms with Crippen molar-refractivity contribution in [2.45, 2.75) is 32.6 Å². The average Bonchev–Trinajstić information content (AvgIpc) is 3.25. The molecule has 0 fully saturated rings. The lowest BCUT2D eigenvalue weighted by atomic mass is 9.86. The van der Waals surface area contributed by atoms with Crippen LogP contribution in [0.25, 0.3) is 0 Å². The maximum atomic E-state index is 13.0. The van der Waals surface area contributed by atoms with E-state index >= 15 is 0 Å². The van der Waals surface area contributed by atoms with Gasteiger partial charge in [0, 0.05) is 38.0 Å². The summed E-state index contributed by atoms with van der Waals surface area (Å²) >= 11 is 0. The number of halogens is 1. The summed E-state index contributed by atoms with van der Waals surface area (Å²) in [4.78, 5) is 34.4. The number of carbonyl (C=O) groups is 2. The molecule has 2 amide bonds. The monoisotopic (exact) mass is 440 g/mol. The lowest BCUT2D eigenvalue weighted by molar-refractivity contribution is 0.0954. The highest BCUT2D eigenvalue weighted by atomic mass is 35.5. The number of nitrogens with zero attached hydrogens (tertiary/aromatic N) is 2. The van der Waals surface area contributed by atoms with E-state index in [0.29, 0.717) is 29.8 Å². The second-order valence-electron chi connectivity index (χ2n) is 8.25. The van der Waals surface area contributed by atoms with Gasteiger partial charge in [0.1, 0.15) is 5.82 Å². The van der Waals surface area contributed by atoms with Gasteiger partial charge in [0.25, 0.3) is 11.8 Å². The van der Waals surface area contributed by atoms with Crippen LogP contribution in [0.1, 0.15) is 52.9 Å². The molecule has 1 heterocycles. The molecule has 6 nitrogen and oxygen atoms in total. The van der Waals surface area contributed by atoms with Crippen molar-refractivity contribution >= 4 is 29.9 Å². The van der Waals surface area contributed by atoms with Gasteiger partial charge in [-0.25, -0.2) is 4.98 Å².